The number of nitriles is 1. The molecule has 0 bridgehead atoms. The van der Waals surface area contributed by atoms with E-state index in [9.17, 15) is 13.6 Å². The molecule has 1 amide bonds. The first kappa shape index (κ1) is 16.3. The molecule has 0 atom stereocenters. The molecule has 0 radical (unpaired) electrons. The van der Waals surface area contributed by atoms with Gasteiger partial charge in [0.15, 0.2) is 11.6 Å². The minimum Gasteiger partial charge on any atom is -0.322 e. The van der Waals surface area contributed by atoms with E-state index in [2.05, 4.69) is 5.32 Å². The van der Waals surface area contributed by atoms with Gasteiger partial charge in [0, 0.05) is 10.6 Å². The van der Waals surface area contributed by atoms with Crippen LogP contribution in [0.4, 0.5) is 14.5 Å². The number of nitrogens with one attached hydrogen (secondary N) is 1. The Kier molecular flexibility index (Phi) is 5.01. The molecule has 0 aliphatic carbocycles. The van der Waals surface area contributed by atoms with Crippen LogP contribution in [0.5, 0.6) is 0 Å². The van der Waals surface area contributed by atoms with Gasteiger partial charge in [-0.2, -0.15) is 5.26 Å². The highest BCUT2D eigenvalue weighted by Gasteiger charge is 2.15. The molecule has 0 unspecified atom stereocenters. The highest BCUT2D eigenvalue weighted by Crippen LogP contribution is 2.25. The lowest BCUT2D eigenvalue weighted by atomic mass is 10.1. The minimum atomic E-state index is -1.16. The third kappa shape index (κ3) is 3.38. The van der Waals surface area contributed by atoms with Crippen LogP contribution < -0.4 is 5.32 Å². The van der Waals surface area contributed by atoms with Gasteiger partial charge in [-0.3, -0.25) is 4.79 Å². The molecule has 7 heteroatoms. The zero-order valence-corrected chi connectivity index (χ0v) is 12.9. The summed E-state index contributed by atoms with van der Waals surface area (Å²) in [6.07, 6.45) is 1.83. The molecular weight excluding hydrogens is 330 g/mol. The second kappa shape index (κ2) is 6.77. The molecule has 0 aliphatic heterocycles. The van der Waals surface area contributed by atoms with Gasteiger partial charge < -0.3 is 5.32 Å². The maximum absolute atomic E-state index is 13.2. The first-order valence-electron chi connectivity index (χ1n) is 6.00. The van der Waals surface area contributed by atoms with Crippen LogP contribution in [0.2, 0.25) is 5.02 Å². The Bertz CT molecular complexity index is 790. The number of hydrogen-bond donors (Lipinski definition) is 1. The Morgan fingerprint density at radius 1 is 1.27 bits per heavy atom. The van der Waals surface area contributed by atoms with Crippen molar-refractivity contribution in [1.82, 2.24) is 0 Å². The predicted octanol–water partition coefficient (Wildman–Crippen LogP) is 4.46. The lowest BCUT2D eigenvalue weighted by Gasteiger charge is -2.09. The van der Waals surface area contributed by atoms with Gasteiger partial charge in [0.25, 0.3) is 5.91 Å². The van der Waals surface area contributed by atoms with Gasteiger partial charge >= 0.3 is 0 Å². The Labute approximate surface area is 134 Å². The molecule has 3 nitrogen and oxygen atoms in total. The fourth-order valence-electron chi connectivity index (χ4n) is 1.77. The van der Waals surface area contributed by atoms with Gasteiger partial charge in [0.1, 0.15) is 6.07 Å². The molecule has 2 aromatic carbocycles. The standard InChI is InChI=1S/C15H9ClF2N2OS/c1-22-14-3-2-9(4-8(14)7-19)20-15(21)10-5-12(17)13(18)6-11(10)16/h2-6H,1H3,(H,20,21). The smallest absolute Gasteiger partial charge is 0.257 e. The van der Waals surface area contributed by atoms with Crippen molar-refractivity contribution in [2.45, 2.75) is 4.90 Å². The van der Waals surface area contributed by atoms with Gasteiger partial charge in [-0.1, -0.05) is 11.6 Å². The third-order valence-corrected chi connectivity index (χ3v) is 3.94. The van der Waals surface area contributed by atoms with Crippen molar-refractivity contribution in [3.05, 3.63) is 58.1 Å². The van der Waals surface area contributed by atoms with Gasteiger partial charge in [0.2, 0.25) is 0 Å². The number of carbonyl (C=O) groups is 1. The molecule has 22 heavy (non-hydrogen) atoms. The molecule has 2 aromatic rings. The molecule has 0 aliphatic rings. The van der Waals surface area contributed by atoms with Crippen LogP contribution >= 0.6 is 23.4 Å². The van der Waals surface area contributed by atoms with E-state index in [0.29, 0.717) is 11.3 Å². The van der Waals surface area contributed by atoms with Gasteiger partial charge in [-0.05, 0) is 36.6 Å². The summed E-state index contributed by atoms with van der Waals surface area (Å²) in [4.78, 5) is 12.8. The quantitative estimate of drug-likeness (QED) is 0.664. The second-order valence-corrected chi connectivity index (χ2v) is 5.48. The zero-order valence-electron chi connectivity index (χ0n) is 11.3. The molecule has 0 fully saturated rings. The van der Waals surface area contributed by atoms with E-state index in [0.717, 1.165) is 17.0 Å². The summed E-state index contributed by atoms with van der Waals surface area (Å²) >= 11 is 7.15. The van der Waals surface area contributed by atoms with E-state index in [1.54, 1.807) is 12.1 Å². The van der Waals surface area contributed by atoms with Crippen LogP contribution in [0.1, 0.15) is 15.9 Å². The summed E-state index contributed by atoms with van der Waals surface area (Å²) in [5.41, 5.74) is 0.579. The Morgan fingerprint density at radius 2 is 1.95 bits per heavy atom. The lowest BCUT2D eigenvalue weighted by Crippen LogP contribution is -2.13. The summed E-state index contributed by atoms with van der Waals surface area (Å²) in [7, 11) is 0. The number of rotatable bonds is 3. The van der Waals surface area contributed by atoms with Gasteiger partial charge in [0.05, 0.1) is 16.1 Å². The molecule has 0 spiro atoms. The summed E-state index contributed by atoms with van der Waals surface area (Å²) in [6, 6.07) is 8.28. The van der Waals surface area contributed by atoms with E-state index in [-0.39, 0.29) is 10.6 Å². The average molecular weight is 339 g/mol. The Morgan fingerprint density at radius 3 is 2.59 bits per heavy atom. The van der Waals surface area contributed by atoms with Crippen LogP contribution in [0, 0.1) is 23.0 Å². The van der Waals surface area contributed by atoms with E-state index >= 15 is 0 Å². The molecule has 112 valence electrons. The first-order chi connectivity index (χ1) is 10.5. The number of benzene rings is 2. The number of thioether (sulfide) groups is 1. The molecule has 0 heterocycles. The number of hydrogen-bond acceptors (Lipinski definition) is 3. The fraction of sp³-hybridized carbons (Fsp3) is 0.0667. The minimum absolute atomic E-state index is 0.187. The van der Waals surface area contributed by atoms with Crippen molar-refractivity contribution < 1.29 is 13.6 Å². The third-order valence-electron chi connectivity index (χ3n) is 2.83. The van der Waals surface area contributed by atoms with E-state index in [1.165, 1.54) is 17.8 Å². The monoisotopic (exact) mass is 338 g/mol. The molecule has 0 saturated heterocycles. The maximum Gasteiger partial charge on any atom is 0.257 e. The van der Waals surface area contributed by atoms with E-state index < -0.39 is 17.5 Å². The number of anilines is 1. The number of carbonyl (C=O) groups excluding carboxylic acids is 1. The zero-order chi connectivity index (χ0) is 16.3. The average Bonchev–Trinajstić information content (AvgIpc) is 2.50. The van der Waals surface area contributed by atoms with Crippen molar-refractivity contribution >= 4 is 35.0 Å². The van der Waals surface area contributed by atoms with Crippen molar-refractivity contribution in [3.8, 4) is 6.07 Å². The highest BCUT2D eigenvalue weighted by atomic mass is 35.5. The van der Waals surface area contributed by atoms with Crippen LogP contribution in [-0.4, -0.2) is 12.2 Å². The molecule has 2 rings (SSSR count). The largest absolute Gasteiger partial charge is 0.322 e. The maximum atomic E-state index is 13.2. The second-order valence-electron chi connectivity index (χ2n) is 4.23. The van der Waals surface area contributed by atoms with Crippen molar-refractivity contribution in [1.29, 1.82) is 5.26 Å². The highest BCUT2D eigenvalue weighted by molar-refractivity contribution is 7.98. The Balaban J connectivity index is 2.30. The normalized spacial score (nSPS) is 10.1. The van der Waals surface area contributed by atoms with Crippen molar-refractivity contribution in [3.63, 3.8) is 0 Å². The first-order valence-corrected chi connectivity index (χ1v) is 7.60. The molecular formula is C15H9ClF2N2OS. The van der Waals surface area contributed by atoms with Gasteiger partial charge in [-0.15, -0.1) is 11.8 Å². The number of nitrogens with zero attached hydrogens (tertiary/aromatic N) is 1. The van der Waals surface area contributed by atoms with Crippen LogP contribution in [-0.2, 0) is 0 Å². The summed E-state index contributed by atoms with van der Waals surface area (Å²) in [6.45, 7) is 0. The summed E-state index contributed by atoms with van der Waals surface area (Å²) in [5, 5.41) is 11.4. The number of halogens is 3. The van der Waals surface area contributed by atoms with Crippen LogP contribution in [0.25, 0.3) is 0 Å². The summed E-state index contributed by atoms with van der Waals surface area (Å²) < 4.78 is 26.2. The van der Waals surface area contributed by atoms with Crippen LogP contribution in [0.3, 0.4) is 0 Å². The summed E-state index contributed by atoms with van der Waals surface area (Å²) in [5.74, 6) is -2.98. The lowest BCUT2D eigenvalue weighted by molar-refractivity contribution is 0.102. The molecule has 0 aromatic heterocycles. The van der Waals surface area contributed by atoms with E-state index in [1.807, 2.05) is 12.3 Å². The SMILES string of the molecule is CSc1ccc(NC(=O)c2cc(F)c(F)cc2Cl)cc1C#N. The fourth-order valence-corrected chi connectivity index (χ4v) is 2.53. The Hall–Kier alpha value is -2.10. The van der Waals surface area contributed by atoms with Crippen molar-refractivity contribution in [2.75, 3.05) is 11.6 Å². The van der Waals surface area contributed by atoms with Crippen molar-refractivity contribution in [2.24, 2.45) is 0 Å². The van der Waals surface area contributed by atoms with E-state index in [4.69, 9.17) is 16.9 Å². The predicted molar refractivity (Wildman–Crippen MR) is 82.3 cm³/mol. The molecule has 0 saturated carbocycles. The topological polar surface area (TPSA) is 52.9 Å². The number of amides is 1. The van der Waals surface area contributed by atoms with Gasteiger partial charge in [-0.25, -0.2) is 8.78 Å². The van der Waals surface area contributed by atoms with Crippen LogP contribution in [0.15, 0.2) is 35.2 Å². The molecule has 1 N–H and O–H groups in total.